The summed E-state index contributed by atoms with van der Waals surface area (Å²) in [5, 5.41) is 4.15. The lowest BCUT2D eigenvalue weighted by Gasteiger charge is -2.17. The van der Waals surface area contributed by atoms with Gasteiger partial charge in [0.1, 0.15) is 6.10 Å². The molecule has 0 radical (unpaired) electrons. The molecule has 0 unspecified atom stereocenters. The molecule has 2 aliphatic rings. The molecule has 1 aliphatic carbocycles. The van der Waals surface area contributed by atoms with Crippen LogP contribution in [0.2, 0.25) is 0 Å². The van der Waals surface area contributed by atoms with Gasteiger partial charge in [0, 0.05) is 12.5 Å². The summed E-state index contributed by atoms with van der Waals surface area (Å²) < 4.78 is 11.0. The van der Waals surface area contributed by atoms with Crippen LogP contribution in [0.15, 0.2) is 4.52 Å². The first-order valence-corrected chi connectivity index (χ1v) is 6.79. The summed E-state index contributed by atoms with van der Waals surface area (Å²) >= 11 is 0. The Labute approximate surface area is 102 Å². The minimum Gasteiger partial charge on any atom is -0.368 e. The summed E-state index contributed by atoms with van der Waals surface area (Å²) in [6.07, 6.45) is 7.48. The zero-order valence-electron chi connectivity index (χ0n) is 10.4. The predicted octanol–water partition coefficient (Wildman–Crippen LogP) is 3.21. The molecule has 1 aliphatic heterocycles. The number of hydrogen-bond donors (Lipinski definition) is 0. The van der Waals surface area contributed by atoms with Crippen molar-refractivity contribution in [1.82, 2.24) is 10.1 Å². The normalized spacial score (nSPS) is 30.9. The number of aromatic nitrogens is 2. The van der Waals surface area contributed by atoms with E-state index in [4.69, 9.17) is 9.26 Å². The van der Waals surface area contributed by atoms with Crippen molar-refractivity contribution in [2.75, 3.05) is 6.61 Å². The monoisotopic (exact) mass is 236 g/mol. The van der Waals surface area contributed by atoms with Crippen LogP contribution in [0.1, 0.15) is 69.2 Å². The van der Waals surface area contributed by atoms with Gasteiger partial charge in [-0.15, -0.1) is 0 Å². The van der Waals surface area contributed by atoms with Crippen molar-refractivity contribution in [1.29, 1.82) is 0 Å². The van der Waals surface area contributed by atoms with Crippen LogP contribution < -0.4 is 0 Å². The van der Waals surface area contributed by atoms with E-state index in [0.717, 1.165) is 18.9 Å². The second kappa shape index (κ2) is 4.77. The van der Waals surface area contributed by atoms with Gasteiger partial charge >= 0.3 is 0 Å². The molecular weight excluding hydrogens is 216 g/mol. The highest BCUT2D eigenvalue weighted by Gasteiger charge is 2.32. The Balaban J connectivity index is 1.73. The molecule has 0 spiro atoms. The van der Waals surface area contributed by atoms with Gasteiger partial charge in [-0.1, -0.05) is 31.3 Å². The smallest absolute Gasteiger partial charge is 0.256 e. The lowest BCUT2D eigenvalue weighted by Crippen LogP contribution is -2.08. The molecule has 3 rings (SSSR count). The number of rotatable bonds is 2. The van der Waals surface area contributed by atoms with Gasteiger partial charge in [0.2, 0.25) is 0 Å². The maximum Gasteiger partial charge on any atom is 0.256 e. The van der Waals surface area contributed by atoms with Crippen LogP contribution in [0.25, 0.3) is 0 Å². The third-order valence-electron chi connectivity index (χ3n) is 4.06. The minimum atomic E-state index is 0.0276. The van der Waals surface area contributed by atoms with E-state index in [1.807, 2.05) is 0 Å². The molecule has 94 valence electrons. The lowest BCUT2D eigenvalue weighted by molar-refractivity contribution is 0.0661. The molecule has 1 aromatic rings. The first kappa shape index (κ1) is 11.2. The van der Waals surface area contributed by atoms with Gasteiger partial charge in [-0.25, -0.2) is 0 Å². The molecule has 0 aromatic carbocycles. The third kappa shape index (κ3) is 2.23. The zero-order valence-corrected chi connectivity index (χ0v) is 10.4. The molecule has 2 atom stereocenters. The van der Waals surface area contributed by atoms with Crippen molar-refractivity contribution >= 4 is 0 Å². The molecule has 4 nitrogen and oxygen atoms in total. The van der Waals surface area contributed by atoms with E-state index in [0.29, 0.717) is 17.7 Å². The maximum atomic E-state index is 5.66. The Morgan fingerprint density at radius 2 is 1.94 bits per heavy atom. The van der Waals surface area contributed by atoms with E-state index in [1.54, 1.807) is 0 Å². The SMILES string of the molecule is C[C@H]1CCO[C@H]1c1nc(C2CCCCC2)no1. The molecule has 1 saturated heterocycles. The summed E-state index contributed by atoms with van der Waals surface area (Å²) in [5.41, 5.74) is 0. The Morgan fingerprint density at radius 3 is 2.65 bits per heavy atom. The van der Waals surface area contributed by atoms with Gasteiger partial charge in [0.25, 0.3) is 5.89 Å². The zero-order chi connectivity index (χ0) is 11.7. The standard InChI is InChI=1S/C13H20N2O2/c1-9-7-8-16-11(9)13-14-12(15-17-13)10-5-3-2-4-6-10/h9-11H,2-8H2,1H3/t9-,11+/m0/s1. The predicted molar refractivity (Wildman–Crippen MR) is 62.6 cm³/mol. The van der Waals surface area contributed by atoms with Crippen LogP contribution in [0.5, 0.6) is 0 Å². The van der Waals surface area contributed by atoms with E-state index < -0.39 is 0 Å². The van der Waals surface area contributed by atoms with Crippen LogP contribution in [0.4, 0.5) is 0 Å². The highest BCUT2D eigenvalue weighted by molar-refractivity contribution is 5.00. The molecule has 0 bridgehead atoms. The van der Waals surface area contributed by atoms with Gasteiger partial charge in [-0.05, 0) is 25.2 Å². The van der Waals surface area contributed by atoms with Crippen LogP contribution >= 0.6 is 0 Å². The van der Waals surface area contributed by atoms with Gasteiger partial charge in [0.05, 0.1) is 0 Å². The number of nitrogens with zero attached hydrogens (tertiary/aromatic N) is 2. The molecule has 17 heavy (non-hydrogen) atoms. The van der Waals surface area contributed by atoms with Crippen LogP contribution in [0, 0.1) is 5.92 Å². The van der Waals surface area contributed by atoms with Crippen molar-refractivity contribution < 1.29 is 9.26 Å². The summed E-state index contributed by atoms with van der Waals surface area (Å²) in [6, 6.07) is 0. The molecule has 2 heterocycles. The minimum absolute atomic E-state index is 0.0276. The van der Waals surface area contributed by atoms with E-state index in [9.17, 15) is 0 Å². The highest BCUT2D eigenvalue weighted by Crippen LogP contribution is 2.35. The second-order valence-electron chi connectivity index (χ2n) is 5.38. The highest BCUT2D eigenvalue weighted by atomic mass is 16.5. The fraction of sp³-hybridized carbons (Fsp3) is 0.846. The largest absolute Gasteiger partial charge is 0.368 e. The van der Waals surface area contributed by atoms with E-state index >= 15 is 0 Å². The van der Waals surface area contributed by atoms with Crippen molar-refractivity contribution in [2.24, 2.45) is 5.92 Å². The first-order valence-electron chi connectivity index (χ1n) is 6.79. The summed E-state index contributed by atoms with van der Waals surface area (Å²) in [6.45, 7) is 3.00. The van der Waals surface area contributed by atoms with Crippen molar-refractivity contribution in [2.45, 2.75) is 57.5 Å². The van der Waals surface area contributed by atoms with E-state index in [2.05, 4.69) is 17.1 Å². The number of ether oxygens (including phenoxy) is 1. The molecule has 0 amide bonds. The van der Waals surface area contributed by atoms with Gasteiger partial charge < -0.3 is 9.26 Å². The molecular formula is C13H20N2O2. The van der Waals surface area contributed by atoms with Gasteiger partial charge in [-0.3, -0.25) is 0 Å². The average molecular weight is 236 g/mol. The summed E-state index contributed by atoms with van der Waals surface area (Å²) in [7, 11) is 0. The summed E-state index contributed by atoms with van der Waals surface area (Å²) in [4.78, 5) is 4.56. The summed E-state index contributed by atoms with van der Waals surface area (Å²) in [5.74, 6) is 2.60. The molecule has 0 N–H and O–H groups in total. The Hall–Kier alpha value is -0.900. The Kier molecular flexibility index (Phi) is 3.14. The van der Waals surface area contributed by atoms with Crippen molar-refractivity contribution in [3.05, 3.63) is 11.7 Å². The lowest BCUT2D eigenvalue weighted by atomic mass is 9.89. The molecule has 1 saturated carbocycles. The van der Waals surface area contributed by atoms with E-state index in [1.165, 1.54) is 32.1 Å². The molecule has 2 fully saturated rings. The van der Waals surface area contributed by atoms with Crippen LogP contribution in [-0.2, 0) is 4.74 Å². The average Bonchev–Trinajstić information content (AvgIpc) is 2.98. The maximum absolute atomic E-state index is 5.66. The molecule has 1 aromatic heterocycles. The quantitative estimate of drug-likeness (QED) is 0.791. The Morgan fingerprint density at radius 1 is 1.12 bits per heavy atom. The van der Waals surface area contributed by atoms with Gasteiger partial charge in [0.15, 0.2) is 5.82 Å². The van der Waals surface area contributed by atoms with Gasteiger partial charge in [-0.2, -0.15) is 4.98 Å². The topological polar surface area (TPSA) is 48.2 Å². The fourth-order valence-corrected chi connectivity index (χ4v) is 2.90. The van der Waals surface area contributed by atoms with Crippen LogP contribution in [0.3, 0.4) is 0 Å². The second-order valence-corrected chi connectivity index (χ2v) is 5.38. The fourth-order valence-electron chi connectivity index (χ4n) is 2.90. The first-order chi connectivity index (χ1) is 8.34. The van der Waals surface area contributed by atoms with Crippen LogP contribution in [-0.4, -0.2) is 16.7 Å². The van der Waals surface area contributed by atoms with E-state index in [-0.39, 0.29) is 6.10 Å². The van der Waals surface area contributed by atoms with Crippen molar-refractivity contribution in [3.8, 4) is 0 Å². The Bertz CT molecular complexity index is 371. The third-order valence-corrected chi connectivity index (χ3v) is 4.06. The van der Waals surface area contributed by atoms with Crippen molar-refractivity contribution in [3.63, 3.8) is 0 Å². The number of hydrogen-bond acceptors (Lipinski definition) is 4. The molecule has 4 heteroatoms.